The highest BCUT2D eigenvalue weighted by Crippen LogP contribution is 2.27. The van der Waals surface area contributed by atoms with Gasteiger partial charge in [-0.2, -0.15) is 0 Å². The van der Waals surface area contributed by atoms with E-state index < -0.39 is 23.6 Å². The summed E-state index contributed by atoms with van der Waals surface area (Å²) < 4.78 is 32.2. The van der Waals surface area contributed by atoms with E-state index in [4.69, 9.17) is 0 Å². The van der Waals surface area contributed by atoms with E-state index in [1.165, 1.54) is 13.2 Å². The maximum Gasteiger partial charge on any atom is 0.322 e. The molecule has 2 atom stereocenters. The Balaban J connectivity index is 2.13. The Kier molecular flexibility index (Phi) is 5.07. The largest absolute Gasteiger partial charge is 0.468 e. The Morgan fingerprint density at radius 3 is 2.64 bits per heavy atom. The highest BCUT2D eigenvalue weighted by Gasteiger charge is 2.35. The molecule has 1 aliphatic heterocycles. The molecule has 0 aliphatic carbocycles. The molecular formula is C15H18F2N2O3. The lowest BCUT2D eigenvalue weighted by molar-refractivity contribution is -0.143. The van der Waals surface area contributed by atoms with Crippen molar-refractivity contribution in [3.05, 3.63) is 29.8 Å². The molecule has 0 radical (unpaired) electrons. The van der Waals surface area contributed by atoms with Crippen molar-refractivity contribution in [2.24, 2.45) is 0 Å². The summed E-state index contributed by atoms with van der Waals surface area (Å²) in [5.41, 5.74) is -0.345. The number of nitrogens with one attached hydrogen (secondary N) is 1. The fourth-order valence-electron chi connectivity index (χ4n) is 2.56. The SMILES string of the molecule is CC[C@@H](N[C@@H]1CC(=O)N(c2c(F)cccc2F)C1)C(=O)OC. The number of carbonyl (C=O) groups excluding carboxylic acids is 2. The molecule has 7 heteroatoms. The Bertz CT molecular complexity index is 560. The summed E-state index contributed by atoms with van der Waals surface area (Å²) in [6.45, 7) is 1.91. The van der Waals surface area contributed by atoms with Crippen LogP contribution < -0.4 is 10.2 Å². The second-order valence-electron chi connectivity index (χ2n) is 5.13. The number of carbonyl (C=O) groups is 2. The molecule has 1 fully saturated rings. The summed E-state index contributed by atoms with van der Waals surface area (Å²) in [6.07, 6.45) is 0.562. The van der Waals surface area contributed by atoms with Crippen LogP contribution in [0.1, 0.15) is 19.8 Å². The third-order valence-corrected chi connectivity index (χ3v) is 3.66. The van der Waals surface area contributed by atoms with Gasteiger partial charge in [-0.05, 0) is 18.6 Å². The molecule has 1 aliphatic rings. The summed E-state index contributed by atoms with van der Waals surface area (Å²) in [5.74, 6) is -2.38. The minimum absolute atomic E-state index is 0.0707. The maximum atomic E-state index is 13.8. The molecule has 1 amide bonds. The molecule has 22 heavy (non-hydrogen) atoms. The number of nitrogens with zero attached hydrogens (tertiary/aromatic N) is 1. The number of anilines is 1. The highest BCUT2D eigenvalue weighted by atomic mass is 19.1. The zero-order valence-electron chi connectivity index (χ0n) is 12.4. The van der Waals surface area contributed by atoms with Gasteiger partial charge in [0.25, 0.3) is 0 Å². The maximum absolute atomic E-state index is 13.8. The molecule has 1 heterocycles. The zero-order valence-corrected chi connectivity index (χ0v) is 12.4. The second-order valence-corrected chi connectivity index (χ2v) is 5.13. The number of methoxy groups -OCH3 is 1. The summed E-state index contributed by atoms with van der Waals surface area (Å²) in [6, 6.07) is 2.55. The van der Waals surface area contributed by atoms with E-state index in [0.29, 0.717) is 6.42 Å². The molecule has 120 valence electrons. The van der Waals surface area contributed by atoms with Crippen LogP contribution in [0.25, 0.3) is 0 Å². The van der Waals surface area contributed by atoms with Gasteiger partial charge in [0.2, 0.25) is 5.91 Å². The van der Waals surface area contributed by atoms with E-state index in [0.717, 1.165) is 17.0 Å². The van der Waals surface area contributed by atoms with Crippen LogP contribution in [0.15, 0.2) is 18.2 Å². The molecule has 1 aromatic rings. The van der Waals surface area contributed by atoms with Gasteiger partial charge in [0, 0.05) is 19.0 Å². The van der Waals surface area contributed by atoms with Crippen LogP contribution in [0, 0.1) is 11.6 Å². The molecular weight excluding hydrogens is 294 g/mol. The molecule has 1 N–H and O–H groups in total. The van der Waals surface area contributed by atoms with Gasteiger partial charge < -0.3 is 9.64 Å². The van der Waals surface area contributed by atoms with Crippen molar-refractivity contribution in [1.29, 1.82) is 0 Å². The van der Waals surface area contributed by atoms with Crippen LogP contribution in [-0.4, -0.2) is 37.6 Å². The summed E-state index contributed by atoms with van der Waals surface area (Å²) >= 11 is 0. The van der Waals surface area contributed by atoms with E-state index in [2.05, 4.69) is 10.1 Å². The molecule has 1 aromatic carbocycles. The van der Waals surface area contributed by atoms with E-state index in [-0.39, 0.29) is 30.6 Å². The number of benzene rings is 1. The van der Waals surface area contributed by atoms with Crippen molar-refractivity contribution in [3.63, 3.8) is 0 Å². The van der Waals surface area contributed by atoms with E-state index in [1.807, 2.05) is 0 Å². The minimum atomic E-state index is -0.783. The average molecular weight is 312 g/mol. The van der Waals surface area contributed by atoms with Crippen molar-refractivity contribution in [3.8, 4) is 0 Å². The van der Waals surface area contributed by atoms with E-state index >= 15 is 0 Å². The molecule has 0 bridgehead atoms. The first-order valence-electron chi connectivity index (χ1n) is 7.06. The van der Waals surface area contributed by atoms with Crippen molar-refractivity contribution in [1.82, 2.24) is 5.32 Å². The van der Waals surface area contributed by atoms with Gasteiger partial charge >= 0.3 is 5.97 Å². The first-order valence-corrected chi connectivity index (χ1v) is 7.06. The number of amides is 1. The number of ether oxygens (including phenoxy) is 1. The van der Waals surface area contributed by atoms with Gasteiger partial charge in [-0.3, -0.25) is 14.9 Å². The topological polar surface area (TPSA) is 58.6 Å². The molecule has 5 nitrogen and oxygen atoms in total. The van der Waals surface area contributed by atoms with Crippen LogP contribution in [0.5, 0.6) is 0 Å². The number of halogens is 2. The summed E-state index contributed by atoms with van der Waals surface area (Å²) in [5, 5.41) is 3.00. The van der Waals surface area contributed by atoms with Gasteiger partial charge in [-0.1, -0.05) is 13.0 Å². The Morgan fingerprint density at radius 1 is 1.45 bits per heavy atom. The predicted molar refractivity (Wildman–Crippen MR) is 76.3 cm³/mol. The predicted octanol–water partition coefficient (Wildman–Crippen LogP) is 1.61. The number of esters is 1. The molecule has 2 rings (SSSR count). The average Bonchev–Trinajstić information content (AvgIpc) is 2.84. The van der Waals surface area contributed by atoms with E-state index in [1.54, 1.807) is 6.92 Å². The quantitative estimate of drug-likeness (QED) is 0.839. The highest BCUT2D eigenvalue weighted by molar-refractivity contribution is 5.96. The molecule has 0 spiro atoms. The van der Waals surface area contributed by atoms with Crippen molar-refractivity contribution < 1.29 is 23.1 Å². The van der Waals surface area contributed by atoms with Gasteiger partial charge in [-0.15, -0.1) is 0 Å². The van der Waals surface area contributed by atoms with Crippen LogP contribution in [0.4, 0.5) is 14.5 Å². The number of hydrogen-bond acceptors (Lipinski definition) is 4. The molecule has 0 aromatic heterocycles. The van der Waals surface area contributed by atoms with Crippen molar-refractivity contribution in [2.75, 3.05) is 18.6 Å². The van der Waals surface area contributed by atoms with Crippen LogP contribution in [-0.2, 0) is 14.3 Å². The lowest BCUT2D eigenvalue weighted by atomic mass is 10.1. The van der Waals surface area contributed by atoms with Crippen LogP contribution >= 0.6 is 0 Å². The molecule has 1 saturated heterocycles. The smallest absolute Gasteiger partial charge is 0.322 e. The summed E-state index contributed by atoms with van der Waals surface area (Å²) in [4.78, 5) is 24.7. The third-order valence-electron chi connectivity index (χ3n) is 3.66. The van der Waals surface area contributed by atoms with Crippen molar-refractivity contribution >= 4 is 17.6 Å². The van der Waals surface area contributed by atoms with Gasteiger partial charge in [-0.25, -0.2) is 8.78 Å². The van der Waals surface area contributed by atoms with Crippen LogP contribution in [0.2, 0.25) is 0 Å². The van der Waals surface area contributed by atoms with Gasteiger partial charge in [0.1, 0.15) is 23.4 Å². The Labute approximate surface area is 127 Å². The monoisotopic (exact) mass is 312 g/mol. The van der Waals surface area contributed by atoms with Crippen molar-refractivity contribution in [2.45, 2.75) is 31.8 Å². The summed E-state index contributed by atoms with van der Waals surface area (Å²) in [7, 11) is 1.29. The third kappa shape index (κ3) is 3.24. The molecule has 0 unspecified atom stereocenters. The van der Waals surface area contributed by atoms with Gasteiger partial charge in [0.15, 0.2) is 0 Å². The van der Waals surface area contributed by atoms with E-state index in [9.17, 15) is 18.4 Å². The zero-order chi connectivity index (χ0) is 16.3. The minimum Gasteiger partial charge on any atom is -0.468 e. The number of para-hydroxylation sites is 1. The fourth-order valence-corrected chi connectivity index (χ4v) is 2.56. The standard InChI is InChI=1S/C15H18F2N2O3/c1-3-12(15(21)22-2)18-9-7-13(20)19(8-9)14-10(16)5-4-6-11(14)17/h4-6,9,12,18H,3,7-8H2,1-2H3/t9-,12-/m1/s1. The van der Waals surface area contributed by atoms with Crippen LogP contribution in [0.3, 0.4) is 0 Å². The fraction of sp³-hybridized carbons (Fsp3) is 0.467. The Hall–Kier alpha value is -2.02. The second kappa shape index (κ2) is 6.83. The lowest BCUT2D eigenvalue weighted by Crippen LogP contribution is -2.44. The number of rotatable bonds is 5. The lowest BCUT2D eigenvalue weighted by Gasteiger charge is -2.21. The van der Waals surface area contributed by atoms with Gasteiger partial charge in [0.05, 0.1) is 7.11 Å². The molecule has 0 saturated carbocycles. The normalized spacial score (nSPS) is 19.4. The first kappa shape index (κ1) is 16.4. The number of hydrogen-bond donors (Lipinski definition) is 1. The first-order chi connectivity index (χ1) is 10.5. The Morgan fingerprint density at radius 2 is 2.09 bits per heavy atom.